The van der Waals surface area contributed by atoms with Crippen molar-refractivity contribution in [2.24, 2.45) is 0 Å². The molecule has 0 aliphatic rings. The zero-order chi connectivity index (χ0) is 17.2. The van der Waals surface area contributed by atoms with Gasteiger partial charge in [-0.25, -0.2) is 0 Å². The first kappa shape index (κ1) is 19.0. The molecule has 0 saturated heterocycles. The fourth-order valence-electron chi connectivity index (χ4n) is 2.34. The van der Waals surface area contributed by atoms with Crippen molar-refractivity contribution in [3.05, 3.63) is 29.3 Å². The zero-order valence-corrected chi connectivity index (χ0v) is 14.6. The van der Waals surface area contributed by atoms with Gasteiger partial charge >= 0.3 is 5.97 Å². The molecule has 0 fully saturated rings. The van der Waals surface area contributed by atoms with Gasteiger partial charge in [-0.05, 0) is 38.3 Å². The van der Waals surface area contributed by atoms with Crippen molar-refractivity contribution in [2.75, 3.05) is 26.3 Å². The lowest BCUT2D eigenvalue weighted by Crippen LogP contribution is -2.37. The summed E-state index contributed by atoms with van der Waals surface area (Å²) in [5.41, 5.74) is 2.01. The summed E-state index contributed by atoms with van der Waals surface area (Å²) < 4.78 is 10.6. The Hall–Kier alpha value is -2.04. The van der Waals surface area contributed by atoms with Gasteiger partial charge in [0.15, 0.2) is 6.61 Å². The highest BCUT2D eigenvalue weighted by Crippen LogP contribution is 2.22. The highest BCUT2D eigenvalue weighted by molar-refractivity contribution is 5.78. The smallest absolute Gasteiger partial charge is 0.307 e. The number of carbonyl (C=O) groups is 2. The lowest BCUT2D eigenvalue weighted by molar-refractivity contribution is -0.144. The molecule has 0 unspecified atom stereocenters. The van der Waals surface area contributed by atoms with Crippen LogP contribution in [0.15, 0.2) is 18.2 Å². The van der Waals surface area contributed by atoms with Crippen molar-refractivity contribution in [1.29, 1.82) is 0 Å². The highest BCUT2D eigenvalue weighted by atomic mass is 16.5. The number of nitrogens with zero attached hydrogens (tertiary/aromatic N) is 1. The summed E-state index contributed by atoms with van der Waals surface area (Å²) in [5.74, 6) is 0.360. The normalized spacial score (nSPS) is 10.3. The molecule has 0 bridgehead atoms. The van der Waals surface area contributed by atoms with Crippen molar-refractivity contribution in [3.63, 3.8) is 0 Å². The molecular weight excluding hydrogens is 294 g/mol. The van der Waals surface area contributed by atoms with Crippen LogP contribution < -0.4 is 4.74 Å². The third-order valence-corrected chi connectivity index (χ3v) is 3.49. The van der Waals surface area contributed by atoms with Gasteiger partial charge in [0.05, 0.1) is 13.0 Å². The number of aryl methyl sites for hydroxylation is 2. The Labute approximate surface area is 138 Å². The van der Waals surface area contributed by atoms with Crippen LogP contribution in [0.1, 0.15) is 37.8 Å². The van der Waals surface area contributed by atoms with E-state index in [0.717, 1.165) is 23.3 Å². The summed E-state index contributed by atoms with van der Waals surface area (Å²) >= 11 is 0. The summed E-state index contributed by atoms with van der Waals surface area (Å²) in [4.78, 5) is 25.5. The molecule has 0 heterocycles. The first-order valence-corrected chi connectivity index (χ1v) is 8.12. The third-order valence-electron chi connectivity index (χ3n) is 3.49. The maximum Gasteiger partial charge on any atom is 0.307 e. The van der Waals surface area contributed by atoms with Gasteiger partial charge in [0.2, 0.25) is 0 Å². The van der Waals surface area contributed by atoms with Crippen molar-refractivity contribution < 1.29 is 19.1 Å². The predicted molar refractivity (Wildman–Crippen MR) is 89.5 cm³/mol. The second-order valence-corrected chi connectivity index (χ2v) is 5.45. The molecule has 1 rings (SSSR count). The second kappa shape index (κ2) is 9.87. The van der Waals surface area contributed by atoms with Gasteiger partial charge in [0.25, 0.3) is 5.91 Å². The van der Waals surface area contributed by atoms with Gasteiger partial charge in [0.1, 0.15) is 5.75 Å². The Kier molecular flexibility index (Phi) is 8.16. The van der Waals surface area contributed by atoms with Crippen molar-refractivity contribution in [1.82, 2.24) is 4.90 Å². The molecule has 1 aromatic rings. The molecule has 0 radical (unpaired) electrons. The number of carbonyl (C=O) groups excluding carboxylic acids is 2. The molecule has 128 valence electrons. The van der Waals surface area contributed by atoms with Crippen LogP contribution in [0.2, 0.25) is 0 Å². The third kappa shape index (κ3) is 6.30. The van der Waals surface area contributed by atoms with E-state index in [-0.39, 0.29) is 24.9 Å². The van der Waals surface area contributed by atoms with E-state index in [1.54, 1.807) is 11.8 Å². The van der Waals surface area contributed by atoms with E-state index in [0.29, 0.717) is 19.7 Å². The molecule has 0 aromatic heterocycles. The first-order valence-electron chi connectivity index (χ1n) is 8.12. The van der Waals surface area contributed by atoms with E-state index in [1.165, 1.54) is 0 Å². The number of rotatable bonds is 9. The van der Waals surface area contributed by atoms with Crippen LogP contribution in [-0.2, 0) is 14.3 Å². The number of para-hydroxylation sites is 1. The maximum absolute atomic E-state index is 12.3. The van der Waals surface area contributed by atoms with Gasteiger partial charge in [-0.3, -0.25) is 9.59 Å². The predicted octanol–water partition coefficient (Wildman–Crippen LogP) is 2.87. The van der Waals surface area contributed by atoms with Crippen LogP contribution in [-0.4, -0.2) is 43.1 Å². The quantitative estimate of drug-likeness (QED) is 0.656. The standard InChI is InChI=1S/C18H27NO4/c1-5-11-19(12-10-17(21)22-6-2)16(20)13-23-18-14(3)8-7-9-15(18)4/h7-9H,5-6,10-13H2,1-4H3. The fourth-order valence-corrected chi connectivity index (χ4v) is 2.34. The Morgan fingerprint density at radius 2 is 1.74 bits per heavy atom. The Bertz CT molecular complexity index is 508. The minimum Gasteiger partial charge on any atom is -0.483 e. The second-order valence-electron chi connectivity index (χ2n) is 5.45. The lowest BCUT2D eigenvalue weighted by atomic mass is 10.1. The van der Waals surface area contributed by atoms with E-state index in [1.807, 2.05) is 39.0 Å². The average molecular weight is 321 g/mol. The van der Waals surface area contributed by atoms with E-state index in [9.17, 15) is 9.59 Å². The largest absolute Gasteiger partial charge is 0.483 e. The maximum atomic E-state index is 12.3. The molecule has 1 amide bonds. The van der Waals surface area contributed by atoms with Crippen LogP contribution in [0.25, 0.3) is 0 Å². The molecule has 5 heteroatoms. The van der Waals surface area contributed by atoms with E-state index in [2.05, 4.69) is 0 Å². The van der Waals surface area contributed by atoms with Gasteiger partial charge in [-0.2, -0.15) is 0 Å². The number of benzene rings is 1. The molecule has 5 nitrogen and oxygen atoms in total. The summed E-state index contributed by atoms with van der Waals surface area (Å²) in [5, 5.41) is 0. The minimum atomic E-state index is -0.280. The fraction of sp³-hybridized carbons (Fsp3) is 0.556. The van der Waals surface area contributed by atoms with Crippen LogP contribution in [0.3, 0.4) is 0 Å². The van der Waals surface area contributed by atoms with Crippen LogP contribution in [0.4, 0.5) is 0 Å². The van der Waals surface area contributed by atoms with Crippen molar-refractivity contribution in [2.45, 2.75) is 40.5 Å². The van der Waals surface area contributed by atoms with Crippen molar-refractivity contribution in [3.8, 4) is 5.75 Å². The van der Waals surface area contributed by atoms with Gasteiger partial charge < -0.3 is 14.4 Å². The average Bonchev–Trinajstić information content (AvgIpc) is 2.51. The van der Waals surface area contributed by atoms with E-state index in [4.69, 9.17) is 9.47 Å². The monoisotopic (exact) mass is 321 g/mol. The molecule has 0 N–H and O–H groups in total. The van der Waals surface area contributed by atoms with Crippen molar-refractivity contribution >= 4 is 11.9 Å². The van der Waals surface area contributed by atoms with Crippen LogP contribution >= 0.6 is 0 Å². The molecule has 0 aliphatic carbocycles. The highest BCUT2D eigenvalue weighted by Gasteiger charge is 2.16. The van der Waals surface area contributed by atoms with Gasteiger partial charge in [-0.15, -0.1) is 0 Å². The molecule has 0 saturated carbocycles. The van der Waals surface area contributed by atoms with Crippen LogP contribution in [0, 0.1) is 13.8 Å². The minimum absolute atomic E-state index is 0.0193. The molecule has 0 spiro atoms. The Balaban J connectivity index is 2.58. The number of amides is 1. The number of esters is 1. The summed E-state index contributed by atoms with van der Waals surface area (Å²) in [6.07, 6.45) is 1.04. The summed E-state index contributed by atoms with van der Waals surface area (Å²) in [6, 6.07) is 5.87. The number of hydrogen-bond acceptors (Lipinski definition) is 4. The molecule has 0 atom stereocenters. The first-order chi connectivity index (χ1) is 11.0. The van der Waals surface area contributed by atoms with Crippen LogP contribution in [0.5, 0.6) is 5.75 Å². The van der Waals surface area contributed by atoms with Gasteiger partial charge in [0, 0.05) is 13.1 Å². The molecule has 23 heavy (non-hydrogen) atoms. The Morgan fingerprint density at radius 3 is 2.30 bits per heavy atom. The summed E-state index contributed by atoms with van der Waals surface area (Å²) in [6.45, 7) is 8.98. The topological polar surface area (TPSA) is 55.8 Å². The number of ether oxygens (including phenoxy) is 2. The Morgan fingerprint density at radius 1 is 1.09 bits per heavy atom. The van der Waals surface area contributed by atoms with E-state index >= 15 is 0 Å². The SMILES string of the molecule is CCCN(CCC(=O)OCC)C(=O)COc1c(C)cccc1C. The zero-order valence-electron chi connectivity index (χ0n) is 14.6. The molecule has 1 aromatic carbocycles. The lowest BCUT2D eigenvalue weighted by Gasteiger charge is -2.22. The van der Waals surface area contributed by atoms with Gasteiger partial charge in [-0.1, -0.05) is 25.1 Å². The number of hydrogen-bond donors (Lipinski definition) is 0. The molecule has 0 aliphatic heterocycles. The summed E-state index contributed by atoms with van der Waals surface area (Å²) in [7, 11) is 0. The molecular formula is C18H27NO4. The van der Waals surface area contributed by atoms with E-state index < -0.39 is 0 Å².